The number of imidazole rings is 1. The lowest BCUT2D eigenvalue weighted by atomic mass is 9.91. The summed E-state index contributed by atoms with van der Waals surface area (Å²) in [6, 6.07) is 7.10. The third kappa shape index (κ3) is 3.03. The first kappa shape index (κ1) is 16.6. The van der Waals surface area contributed by atoms with Crippen LogP contribution < -0.4 is 0 Å². The summed E-state index contributed by atoms with van der Waals surface area (Å²) in [5.41, 5.74) is 3.28. The Balaban J connectivity index is 1.33. The van der Waals surface area contributed by atoms with E-state index >= 15 is 0 Å². The lowest BCUT2D eigenvalue weighted by Gasteiger charge is -2.36. The number of rotatable bonds is 3. The number of alkyl halides is 2. The van der Waals surface area contributed by atoms with Crippen molar-refractivity contribution in [2.24, 2.45) is 0 Å². The van der Waals surface area contributed by atoms with Crippen molar-refractivity contribution in [3.8, 4) is 0 Å². The molecule has 2 aromatic rings. The molecule has 0 amide bonds. The maximum absolute atomic E-state index is 13.4. The molecule has 1 aromatic heterocycles. The highest BCUT2D eigenvalue weighted by molar-refractivity contribution is 5.77. The largest absolute Gasteiger partial charge is 0.327 e. The number of aromatic nitrogens is 2. The molecular formula is C20H26F2N4. The van der Waals surface area contributed by atoms with Gasteiger partial charge in [0, 0.05) is 51.6 Å². The van der Waals surface area contributed by atoms with Gasteiger partial charge in [0.05, 0.1) is 17.6 Å². The van der Waals surface area contributed by atoms with E-state index in [-0.39, 0.29) is 13.0 Å². The fourth-order valence-electron chi connectivity index (χ4n) is 4.66. The number of nitrogens with zero attached hydrogens (tertiary/aromatic N) is 4. The van der Waals surface area contributed by atoms with Crippen molar-refractivity contribution in [2.45, 2.75) is 57.2 Å². The van der Waals surface area contributed by atoms with Gasteiger partial charge in [0.15, 0.2) is 0 Å². The van der Waals surface area contributed by atoms with Crippen LogP contribution >= 0.6 is 0 Å². The van der Waals surface area contributed by atoms with Gasteiger partial charge in [-0.15, -0.1) is 0 Å². The van der Waals surface area contributed by atoms with Gasteiger partial charge in [-0.2, -0.15) is 0 Å². The van der Waals surface area contributed by atoms with Gasteiger partial charge < -0.3 is 4.57 Å². The number of likely N-dealkylation sites (tertiary alicyclic amines) is 1. The zero-order chi connectivity index (χ0) is 17.7. The smallest absolute Gasteiger partial charge is 0.261 e. The van der Waals surface area contributed by atoms with E-state index in [4.69, 9.17) is 4.98 Å². The van der Waals surface area contributed by atoms with Crippen LogP contribution in [-0.4, -0.2) is 57.5 Å². The van der Waals surface area contributed by atoms with Crippen molar-refractivity contribution in [3.05, 3.63) is 29.6 Å². The Kier molecular flexibility index (Phi) is 4.01. The molecule has 6 heteroatoms. The highest BCUT2D eigenvalue weighted by Gasteiger charge is 2.38. The molecular weight excluding hydrogens is 334 g/mol. The van der Waals surface area contributed by atoms with E-state index in [1.807, 2.05) is 4.90 Å². The Morgan fingerprint density at radius 3 is 2.73 bits per heavy atom. The average Bonchev–Trinajstić information content (AvgIpc) is 3.00. The number of halogens is 2. The minimum Gasteiger partial charge on any atom is -0.327 e. The topological polar surface area (TPSA) is 24.3 Å². The molecule has 0 N–H and O–H groups in total. The highest BCUT2D eigenvalue weighted by atomic mass is 19.3. The molecule has 140 valence electrons. The van der Waals surface area contributed by atoms with Crippen LogP contribution in [0.25, 0.3) is 11.0 Å². The van der Waals surface area contributed by atoms with E-state index in [2.05, 4.69) is 27.7 Å². The molecule has 5 rings (SSSR count). The molecule has 4 nitrogen and oxygen atoms in total. The Bertz CT molecular complexity index is 811. The molecule has 0 atom stereocenters. The maximum atomic E-state index is 13.4. The van der Waals surface area contributed by atoms with E-state index in [0.29, 0.717) is 13.1 Å². The van der Waals surface area contributed by atoms with E-state index in [0.717, 1.165) is 43.2 Å². The summed E-state index contributed by atoms with van der Waals surface area (Å²) in [5, 5.41) is 0. The third-order valence-corrected chi connectivity index (χ3v) is 6.37. The van der Waals surface area contributed by atoms with Crippen LogP contribution in [0, 0.1) is 0 Å². The molecule has 0 radical (unpaired) electrons. The van der Waals surface area contributed by atoms with Gasteiger partial charge in [0.1, 0.15) is 5.82 Å². The van der Waals surface area contributed by atoms with Crippen LogP contribution in [-0.2, 0) is 19.5 Å². The van der Waals surface area contributed by atoms with Gasteiger partial charge in [-0.1, -0.05) is 12.5 Å². The van der Waals surface area contributed by atoms with Crippen LogP contribution in [0.1, 0.15) is 37.1 Å². The molecule has 0 spiro atoms. The molecule has 0 unspecified atom stereocenters. The summed E-state index contributed by atoms with van der Waals surface area (Å²) in [5.74, 6) is -1.35. The molecule has 3 aliphatic rings. The van der Waals surface area contributed by atoms with Gasteiger partial charge in [0.2, 0.25) is 0 Å². The van der Waals surface area contributed by atoms with Crippen molar-refractivity contribution in [3.63, 3.8) is 0 Å². The summed E-state index contributed by atoms with van der Waals surface area (Å²) < 4.78 is 29.2. The fraction of sp³-hybridized carbons (Fsp3) is 0.650. The van der Waals surface area contributed by atoms with Crippen molar-refractivity contribution < 1.29 is 8.78 Å². The predicted molar refractivity (Wildman–Crippen MR) is 97.5 cm³/mol. The van der Waals surface area contributed by atoms with E-state index < -0.39 is 5.92 Å². The van der Waals surface area contributed by atoms with Crippen molar-refractivity contribution >= 4 is 11.0 Å². The van der Waals surface area contributed by atoms with Gasteiger partial charge in [-0.25, -0.2) is 13.8 Å². The van der Waals surface area contributed by atoms with Crippen LogP contribution in [0.4, 0.5) is 8.78 Å². The Hall–Kier alpha value is -1.53. The molecule has 1 saturated heterocycles. The standard InChI is InChI=1S/C20H26F2N4/c21-20(22)7-9-24(14-20)13-15-4-5-18-17(12-15)23-19-6-8-25(10-11-26(18)19)16-2-1-3-16/h4-5,12,16H,1-3,6-11,13-14H2. The fourth-order valence-corrected chi connectivity index (χ4v) is 4.66. The Morgan fingerprint density at radius 2 is 2.00 bits per heavy atom. The van der Waals surface area contributed by atoms with Crippen LogP contribution in [0.3, 0.4) is 0 Å². The summed E-state index contributed by atoms with van der Waals surface area (Å²) in [6.45, 7) is 4.14. The number of hydrogen-bond acceptors (Lipinski definition) is 3. The van der Waals surface area contributed by atoms with E-state index in [1.54, 1.807) is 0 Å². The molecule has 26 heavy (non-hydrogen) atoms. The first-order valence-electron chi connectivity index (χ1n) is 9.90. The molecule has 0 bridgehead atoms. The van der Waals surface area contributed by atoms with Gasteiger partial charge >= 0.3 is 0 Å². The Morgan fingerprint density at radius 1 is 1.12 bits per heavy atom. The third-order valence-electron chi connectivity index (χ3n) is 6.37. The van der Waals surface area contributed by atoms with Crippen molar-refractivity contribution in [1.29, 1.82) is 0 Å². The molecule has 1 saturated carbocycles. The SMILES string of the molecule is FC1(F)CCN(Cc2ccc3c(c2)nc2n3CCN(C3CCC3)CC2)C1. The second-order valence-electron chi connectivity index (χ2n) is 8.19. The lowest BCUT2D eigenvalue weighted by molar-refractivity contribution is 0.0115. The Labute approximate surface area is 152 Å². The summed E-state index contributed by atoms with van der Waals surface area (Å²) in [7, 11) is 0. The zero-order valence-corrected chi connectivity index (χ0v) is 15.1. The molecule has 2 fully saturated rings. The number of hydrogen-bond donors (Lipinski definition) is 0. The average molecular weight is 360 g/mol. The van der Waals surface area contributed by atoms with Gasteiger partial charge in [-0.3, -0.25) is 9.80 Å². The molecule has 3 heterocycles. The van der Waals surface area contributed by atoms with Crippen LogP contribution in [0.2, 0.25) is 0 Å². The number of benzene rings is 1. The van der Waals surface area contributed by atoms with Crippen LogP contribution in [0.5, 0.6) is 0 Å². The minimum atomic E-state index is -2.53. The highest BCUT2D eigenvalue weighted by Crippen LogP contribution is 2.29. The summed E-state index contributed by atoms with van der Waals surface area (Å²) >= 11 is 0. The zero-order valence-electron chi connectivity index (χ0n) is 15.1. The van der Waals surface area contributed by atoms with E-state index in [1.165, 1.54) is 30.6 Å². The second kappa shape index (κ2) is 6.27. The first-order chi connectivity index (χ1) is 12.6. The predicted octanol–water partition coefficient (Wildman–Crippen LogP) is 3.29. The van der Waals surface area contributed by atoms with Gasteiger partial charge in [-0.05, 0) is 30.5 Å². The van der Waals surface area contributed by atoms with E-state index in [9.17, 15) is 8.78 Å². The minimum absolute atomic E-state index is 0.0223. The monoisotopic (exact) mass is 360 g/mol. The molecule has 1 aromatic carbocycles. The van der Waals surface area contributed by atoms with Gasteiger partial charge in [0.25, 0.3) is 5.92 Å². The maximum Gasteiger partial charge on any atom is 0.261 e. The second-order valence-corrected chi connectivity index (χ2v) is 8.19. The first-order valence-corrected chi connectivity index (χ1v) is 9.90. The van der Waals surface area contributed by atoms with Crippen LogP contribution in [0.15, 0.2) is 18.2 Å². The summed E-state index contributed by atoms with van der Waals surface area (Å²) in [6.07, 6.45) is 5.05. The van der Waals surface area contributed by atoms with Crippen molar-refractivity contribution in [1.82, 2.24) is 19.4 Å². The van der Waals surface area contributed by atoms with Crippen molar-refractivity contribution in [2.75, 3.05) is 26.2 Å². The lowest BCUT2D eigenvalue weighted by Crippen LogP contribution is -2.41. The summed E-state index contributed by atoms with van der Waals surface area (Å²) in [4.78, 5) is 9.36. The quantitative estimate of drug-likeness (QED) is 0.840. The normalized spacial score (nSPS) is 24.5. The number of fused-ring (bicyclic) bond motifs is 3. The molecule has 1 aliphatic carbocycles. The molecule has 2 aliphatic heterocycles.